The minimum Gasteiger partial charge on any atom is -0.534 e. The van der Waals surface area contributed by atoms with Crippen LogP contribution in [0, 0.1) is 0 Å². The summed E-state index contributed by atoms with van der Waals surface area (Å²) in [5.74, 6) is 0.837. The average Bonchev–Trinajstić information content (AvgIpc) is 2.83. The highest BCUT2D eigenvalue weighted by Crippen LogP contribution is 2.38. The van der Waals surface area contributed by atoms with Gasteiger partial charge in [-0.15, -0.1) is 0 Å². The van der Waals surface area contributed by atoms with Gasteiger partial charge in [0.15, 0.2) is 0 Å². The fraction of sp³-hybridized carbons (Fsp3) is 0.259. The standard InChI is InChI=1S/C27H31NO3Si/c1-27(2,3)32(24-15-7-5-8-16-24,25-17-9-6-10-18-25)31-23-14-11-13-22(21-23)28-20-12-19-26(29-4)30-28/h5-19,21,26H,20H2,1-4H3. The third-order valence-electron chi connectivity index (χ3n) is 5.82. The van der Waals surface area contributed by atoms with Crippen LogP contribution in [0.2, 0.25) is 5.04 Å². The molecule has 32 heavy (non-hydrogen) atoms. The molecule has 5 heteroatoms. The molecule has 0 saturated carbocycles. The fourth-order valence-corrected chi connectivity index (χ4v) is 8.70. The van der Waals surface area contributed by atoms with E-state index in [2.05, 4.69) is 87.5 Å². The topological polar surface area (TPSA) is 30.9 Å². The van der Waals surface area contributed by atoms with E-state index in [9.17, 15) is 0 Å². The van der Waals surface area contributed by atoms with Crippen LogP contribution in [0.1, 0.15) is 20.8 Å². The monoisotopic (exact) mass is 445 g/mol. The Kier molecular flexibility index (Phi) is 6.51. The summed E-state index contributed by atoms with van der Waals surface area (Å²) in [5, 5.41) is 4.24. The van der Waals surface area contributed by atoms with Gasteiger partial charge in [0.2, 0.25) is 6.29 Å². The molecule has 3 aromatic carbocycles. The smallest absolute Gasteiger partial charge is 0.319 e. The lowest BCUT2D eigenvalue weighted by atomic mass is 10.2. The molecule has 1 aliphatic rings. The number of benzene rings is 3. The van der Waals surface area contributed by atoms with Gasteiger partial charge in [0, 0.05) is 13.2 Å². The Morgan fingerprint density at radius 1 is 0.875 bits per heavy atom. The molecule has 0 aromatic heterocycles. The summed E-state index contributed by atoms with van der Waals surface area (Å²) in [4.78, 5) is 5.92. The average molecular weight is 446 g/mol. The second kappa shape index (κ2) is 9.33. The van der Waals surface area contributed by atoms with Crippen LogP contribution < -0.4 is 19.9 Å². The Morgan fingerprint density at radius 2 is 1.50 bits per heavy atom. The summed E-state index contributed by atoms with van der Waals surface area (Å²) in [6.07, 6.45) is 3.58. The number of methoxy groups -OCH3 is 1. The number of rotatable bonds is 6. The summed E-state index contributed by atoms with van der Waals surface area (Å²) < 4.78 is 12.5. The first-order chi connectivity index (χ1) is 15.4. The molecule has 0 N–H and O–H groups in total. The molecule has 0 aliphatic carbocycles. The highest BCUT2D eigenvalue weighted by molar-refractivity contribution is 7.00. The van der Waals surface area contributed by atoms with E-state index in [1.54, 1.807) is 7.11 Å². The van der Waals surface area contributed by atoms with Gasteiger partial charge in [0.25, 0.3) is 0 Å². The second-order valence-corrected chi connectivity index (χ2v) is 13.2. The van der Waals surface area contributed by atoms with Crippen molar-refractivity contribution in [3.05, 3.63) is 97.1 Å². The minimum atomic E-state index is -2.68. The van der Waals surface area contributed by atoms with Gasteiger partial charge in [0.05, 0.1) is 12.2 Å². The third-order valence-corrected chi connectivity index (χ3v) is 10.8. The summed E-state index contributed by atoms with van der Waals surface area (Å²) in [7, 11) is -1.04. The number of hydroxylamine groups is 1. The molecule has 0 spiro atoms. The van der Waals surface area contributed by atoms with Gasteiger partial charge in [-0.1, -0.05) is 93.6 Å². The number of ether oxygens (including phenoxy) is 1. The normalized spacial score (nSPS) is 16.8. The van der Waals surface area contributed by atoms with Crippen LogP contribution in [0.3, 0.4) is 0 Å². The van der Waals surface area contributed by atoms with Crippen LogP contribution in [0.25, 0.3) is 0 Å². The van der Waals surface area contributed by atoms with Gasteiger partial charge in [0.1, 0.15) is 5.75 Å². The van der Waals surface area contributed by atoms with Crippen molar-refractivity contribution in [1.29, 1.82) is 0 Å². The minimum absolute atomic E-state index is 0.1000. The zero-order valence-electron chi connectivity index (χ0n) is 19.2. The Morgan fingerprint density at radius 3 is 2.06 bits per heavy atom. The van der Waals surface area contributed by atoms with Crippen molar-refractivity contribution < 1.29 is 14.0 Å². The van der Waals surface area contributed by atoms with E-state index in [0.717, 1.165) is 11.4 Å². The zero-order valence-corrected chi connectivity index (χ0v) is 20.2. The number of hydrogen-bond acceptors (Lipinski definition) is 4. The molecule has 0 bridgehead atoms. The van der Waals surface area contributed by atoms with Gasteiger partial charge >= 0.3 is 8.32 Å². The SMILES string of the molecule is COC1C=CCN(c2cccc(O[Si](c3ccccc3)(c3ccccc3)C(C)(C)C)c2)O1. The predicted molar refractivity (Wildman–Crippen MR) is 133 cm³/mol. The summed E-state index contributed by atoms with van der Waals surface area (Å²) in [6.45, 7) is 7.50. The first-order valence-electron chi connectivity index (χ1n) is 11.0. The lowest BCUT2D eigenvalue weighted by molar-refractivity contribution is -0.105. The lowest BCUT2D eigenvalue weighted by Gasteiger charge is -2.43. The predicted octanol–water partition coefficient (Wildman–Crippen LogP) is 4.91. The summed E-state index contributed by atoms with van der Waals surface area (Å²) >= 11 is 0. The molecule has 0 fully saturated rings. The molecule has 1 aliphatic heterocycles. The van der Waals surface area contributed by atoms with Crippen molar-refractivity contribution in [2.24, 2.45) is 0 Å². The molecule has 3 aromatic rings. The van der Waals surface area contributed by atoms with Crippen LogP contribution in [-0.4, -0.2) is 28.3 Å². The Bertz CT molecular complexity index is 1010. The van der Waals surface area contributed by atoms with Crippen molar-refractivity contribution in [3.63, 3.8) is 0 Å². The molecule has 0 radical (unpaired) electrons. The van der Waals surface area contributed by atoms with Crippen molar-refractivity contribution in [2.75, 3.05) is 18.7 Å². The van der Waals surface area contributed by atoms with Crippen LogP contribution in [0.5, 0.6) is 5.75 Å². The van der Waals surface area contributed by atoms with Crippen LogP contribution in [0.4, 0.5) is 5.69 Å². The second-order valence-electron chi connectivity index (χ2n) is 8.96. The quantitative estimate of drug-likeness (QED) is 0.399. The van der Waals surface area contributed by atoms with Crippen molar-refractivity contribution >= 4 is 24.4 Å². The fourth-order valence-electron chi connectivity index (χ4n) is 4.29. The van der Waals surface area contributed by atoms with Crippen LogP contribution in [0.15, 0.2) is 97.1 Å². The van der Waals surface area contributed by atoms with Crippen LogP contribution >= 0.6 is 0 Å². The highest BCUT2D eigenvalue weighted by atomic mass is 28.4. The van der Waals surface area contributed by atoms with Gasteiger partial charge in [-0.05, 0) is 33.6 Å². The Hall–Kier alpha value is -2.86. The Balaban J connectivity index is 1.78. The molecule has 0 amide bonds. The largest absolute Gasteiger partial charge is 0.534 e. The van der Waals surface area contributed by atoms with E-state index >= 15 is 0 Å². The van der Waals surface area contributed by atoms with E-state index < -0.39 is 8.32 Å². The molecule has 166 valence electrons. The molecule has 1 atom stereocenters. The molecule has 4 nitrogen and oxygen atoms in total. The maximum atomic E-state index is 7.13. The van der Waals surface area contributed by atoms with Crippen molar-refractivity contribution in [3.8, 4) is 5.75 Å². The first-order valence-corrected chi connectivity index (χ1v) is 12.9. The van der Waals surface area contributed by atoms with E-state index in [1.165, 1.54) is 10.4 Å². The molecular weight excluding hydrogens is 414 g/mol. The van der Waals surface area contributed by atoms with E-state index in [-0.39, 0.29) is 11.3 Å². The van der Waals surface area contributed by atoms with Gasteiger partial charge < -0.3 is 9.16 Å². The molecule has 4 rings (SSSR count). The van der Waals surface area contributed by atoms with Crippen molar-refractivity contribution in [1.82, 2.24) is 0 Å². The van der Waals surface area contributed by atoms with Crippen LogP contribution in [-0.2, 0) is 9.57 Å². The summed E-state index contributed by atoms with van der Waals surface area (Å²) in [6, 6.07) is 29.5. The van der Waals surface area contributed by atoms with E-state index in [4.69, 9.17) is 14.0 Å². The van der Waals surface area contributed by atoms with Crippen molar-refractivity contribution in [2.45, 2.75) is 32.1 Å². The van der Waals surface area contributed by atoms with Gasteiger partial charge in [-0.2, -0.15) is 0 Å². The molecular formula is C27H31NO3Si. The first kappa shape index (κ1) is 22.3. The van der Waals surface area contributed by atoms with E-state index in [0.29, 0.717) is 6.54 Å². The van der Waals surface area contributed by atoms with Gasteiger partial charge in [-0.25, -0.2) is 9.90 Å². The molecule has 1 heterocycles. The number of anilines is 1. The summed E-state index contributed by atoms with van der Waals surface area (Å²) in [5.41, 5.74) is 0.937. The molecule has 1 unspecified atom stereocenters. The maximum Gasteiger partial charge on any atom is 0.319 e. The zero-order chi connectivity index (χ0) is 22.6. The maximum absolute atomic E-state index is 7.13. The third kappa shape index (κ3) is 4.37. The van der Waals surface area contributed by atoms with E-state index in [1.807, 2.05) is 35.4 Å². The number of nitrogens with zero attached hydrogens (tertiary/aromatic N) is 1. The lowest BCUT2D eigenvalue weighted by Crippen LogP contribution is -2.68. The number of hydrogen-bond donors (Lipinski definition) is 0. The Labute approximate surface area is 192 Å². The highest BCUT2D eigenvalue weighted by Gasteiger charge is 2.52. The van der Waals surface area contributed by atoms with Gasteiger partial charge in [-0.3, -0.25) is 0 Å². The molecule has 0 saturated heterocycles.